The molecule has 0 saturated carbocycles. The first-order valence-electron chi connectivity index (χ1n) is 8.59. The molecule has 5 atom stereocenters. The van der Waals surface area contributed by atoms with Crippen LogP contribution in [0.5, 0.6) is 0 Å². The maximum absolute atomic E-state index is 12.6. The van der Waals surface area contributed by atoms with Crippen LogP contribution < -0.4 is 5.32 Å². The molecular weight excluding hydrogens is 360 g/mol. The molecule has 4 N–H and O–H groups in total. The van der Waals surface area contributed by atoms with E-state index in [4.69, 9.17) is 9.47 Å². The molecule has 1 aromatic heterocycles. The monoisotopic (exact) mass is 382 g/mol. The van der Waals surface area contributed by atoms with E-state index in [1.165, 1.54) is 23.5 Å². The van der Waals surface area contributed by atoms with Gasteiger partial charge in [-0.2, -0.15) is 0 Å². The first-order valence-corrected chi connectivity index (χ1v) is 8.59. The van der Waals surface area contributed by atoms with Gasteiger partial charge in [-0.05, 0) is 0 Å². The van der Waals surface area contributed by atoms with Gasteiger partial charge in [0.2, 0.25) is 0 Å². The van der Waals surface area contributed by atoms with Gasteiger partial charge in [-0.3, -0.25) is 14.6 Å². The number of amides is 2. The highest BCUT2D eigenvalue weighted by Gasteiger charge is 2.47. The fourth-order valence-electron chi connectivity index (χ4n) is 2.99. The quantitative estimate of drug-likeness (QED) is 0.424. The van der Waals surface area contributed by atoms with E-state index in [-0.39, 0.29) is 12.2 Å². The SMILES string of the molecule is O=C(NC[C@@H]1O[C@H](C(=O)N2CCOCC2)[C@H](O)[C@H](O)[C@H]1O)c1cnccn1. The van der Waals surface area contributed by atoms with Gasteiger partial charge >= 0.3 is 0 Å². The smallest absolute Gasteiger partial charge is 0.271 e. The highest BCUT2D eigenvalue weighted by Crippen LogP contribution is 2.23. The number of carbonyl (C=O) groups is 2. The highest BCUT2D eigenvalue weighted by molar-refractivity contribution is 5.91. The van der Waals surface area contributed by atoms with E-state index in [1.54, 1.807) is 0 Å². The Morgan fingerprint density at radius 2 is 1.89 bits per heavy atom. The number of aliphatic hydroxyl groups is 3. The molecule has 3 heterocycles. The summed E-state index contributed by atoms with van der Waals surface area (Å²) in [6, 6.07) is 0. The highest BCUT2D eigenvalue weighted by atomic mass is 16.5. The molecular formula is C16H22N4O7. The summed E-state index contributed by atoms with van der Waals surface area (Å²) < 4.78 is 10.7. The van der Waals surface area contributed by atoms with Crippen molar-refractivity contribution in [3.8, 4) is 0 Å². The number of hydrogen-bond donors (Lipinski definition) is 4. The molecule has 0 radical (unpaired) electrons. The van der Waals surface area contributed by atoms with Crippen molar-refractivity contribution in [3.05, 3.63) is 24.3 Å². The third kappa shape index (κ3) is 4.39. The molecule has 148 valence electrons. The van der Waals surface area contributed by atoms with Gasteiger partial charge in [-0.25, -0.2) is 4.98 Å². The fourth-order valence-corrected chi connectivity index (χ4v) is 2.99. The lowest BCUT2D eigenvalue weighted by Gasteiger charge is -2.42. The minimum atomic E-state index is -1.59. The molecule has 11 nitrogen and oxygen atoms in total. The van der Waals surface area contributed by atoms with Crippen LogP contribution in [0.3, 0.4) is 0 Å². The molecule has 2 fully saturated rings. The fraction of sp³-hybridized carbons (Fsp3) is 0.625. The van der Waals surface area contributed by atoms with E-state index >= 15 is 0 Å². The van der Waals surface area contributed by atoms with Crippen molar-refractivity contribution in [3.63, 3.8) is 0 Å². The van der Waals surface area contributed by atoms with Crippen molar-refractivity contribution in [2.45, 2.75) is 30.5 Å². The molecule has 1 aromatic rings. The van der Waals surface area contributed by atoms with Crippen molar-refractivity contribution in [2.75, 3.05) is 32.8 Å². The minimum Gasteiger partial charge on any atom is -0.388 e. The van der Waals surface area contributed by atoms with E-state index in [1.807, 2.05) is 0 Å². The van der Waals surface area contributed by atoms with Crippen LogP contribution >= 0.6 is 0 Å². The number of hydrogen-bond acceptors (Lipinski definition) is 9. The zero-order chi connectivity index (χ0) is 19.4. The van der Waals surface area contributed by atoms with Crippen molar-refractivity contribution >= 4 is 11.8 Å². The number of nitrogens with zero attached hydrogens (tertiary/aromatic N) is 3. The molecule has 2 amide bonds. The largest absolute Gasteiger partial charge is 0.388 e. The second-order valence-electron chi connectivity index (χ2n) is 6.31. The number of rotatable bonds is 4. The summed E-state index contributed by atoms with van der Waals surface area (Å²) in [5.74, 6) is -1.04. The Hall–Kier alpha value is -2.18. The molecule has 27 heavy (non-hydrogen) atoms. The van der Waals surface area contributed by atoms with Crippen LogP contribution in [0.1, 0.15) is 10.5 Å². The predicted molar refractivity (Wildman–Crippen MR) is 88.4 cm³/mol. The van der Waals surface area contributed by atoms with Crippen LogP contribution in [-0.4, -0.2) is 105 Å². The number of aliphatic hydroxyl groups excluding tert-OH is 3. The van der Waals surface area contributed by atoms with Gasteiger partial charge in [0.15, 0.2) is 6.10 Å². The normalized spacial score (nSPS) is 31.4. The summed E-state index contributed by atoms with van der Waals surface area (Å²) in [6.07, 6.45) is -3.02. The first kappa shape index (κ1) is 19.6. The lowest BCUT2D eigenvalue weighted by molar-refractivity contribution is -0.224. The van der Waals surface area contributed by atoms with E-state index in [9.17, 15) is 24.9 Å². The third-order valence-electron chi connectivity index (χ3n) is 4.54. The lowest BCUT2D eigenvalue weighted by Crippen LogP contribution is -2.64. The molecule has 0 aromatic carbocycles. The van der Waals surface area contributed by atoms with Crippen LogP contribution in [0.25, 0.3) is 0 Å². The zero-order valence-electron chi connectivity index (χ0n) is 14.5. The van der Waals surface area contributed by atoms with Gasteiger partial charge in [0.05, 0.1) is 19.4 Å². The first-order chi connectivity index (χ1) is 13.0. The van der Waals surface area contributed by atoms with Crippen LogP contribution in [0.15, 0.2) is 18.6 Å². The molecule has 0 spiro atoms. The predicted octanol–water partition coefficient (Wildman–Crippen LogP) is -3.08. The minimum absolute atomic E-state index is 0.0734. The Labute approximate surface area is 154 Å². The van der Waals surface area contributed by atoms with Crippen molar-refractivity contribution in [1.82, 2.24) is 20.2 Å². The maximum atomic E-state index is 12.6. The Morgan fingerprint density at radius 3 is 2.56 bits per heavy atom. The Morgan fingerprint density at radius 1 is 1.15 bits per heavy atom. The molecule has 2 aliphatic rings. The molecule has 2 aliphatic heterocycles. The number of ether oxygens (including phenoxy) is 2. The van der Waals surface area contributed by atoms with Gasteiger partial charge in [0.1, 0.15) is 30.1 Å². The van der Waals surface area contributed by atoms with Gasteiger partial charge in [-0.1, -0.05) is 0 Å². The van der Waals surface area contributed by atoms with Gasteiger partial charge in [0, 0.05) is 32.0 Å². The summed E-state index contributed by atoms with van der Waals surface area (Å²) in [6.45, 7) is 1.25. The van der Waals surface area contributed by atoms with Crippen LogP contribution in [0, 0.1) is 0 Å². The average molecular weight is 382 g/mol. The summed E-state index contributed by atoms with van der Waals surface area (Å²) in [5, 5.41) is 32.9. The van der Waals surface area contributed by atoms with Gasteiger partial charge in [-0.15, -0.1) is 0 Å². The van der Waals surface area contributed by atoms with Crippen LogP contribution in [0.2, 0.25) is 0 Å². The maximum Gasteiger partial charge on any atom is 0.271 e. The molecule has 11 heteroatoms. The lowest BCUT2D eigenvalue weighted by atomic mass is 9.94. The average Bonchev–Trinajstić information content (AvgIpc) is 2.72. The molecule has 0 bridgehead atoms. The number of nitrogens with one attached hydrogen (secondary N) is 1. The molecule has 3 rings (SSSR count). The Kier molecular flexibility index (Phi) is 6.29. The van der Waals surface area contributed by atoms with Crippen LogP contribution in [-0.2, 0) is 14.3 Å². The van der Waals surface area contributed by atoms with Gasteiger partial charge in [0.25, 0.3) is 11.8 Å². The van der Waals surface area contributed by atoms with Crippen LogP contribution in [0.4, 0.5) is 0 Å². The summed E-state index contributed by atoms with van der Waals surface area (Å²) in [7, 11) is 0. The number of morpholine rings is 1. The summed E-state index contributed by atoms with van der Waals surface area (Å²) >= 11 is 0. The van der Waals surface area contributed by atoms with E-state index in [2.05, 4.69) is 15.3 Å². The third-order valence-corrected chi connectivity index (χ3v) is 4.54. The summed E-state index contributed by atoms with van der Waals surface area (Å²) in [5.41, 5.74) is 0.0734. The second kappa shape index (κ2) is 8.67. The molecule has 2 saturated heterocycles. The standard InChI is InChI=1S/C16H22N4O7/c21-11-10(8-19-15(24)9-7-17-1-2-18-9)27-14(13(23)12(11)22)16(25)20-3-5-26-6-4-20/h1-2,7,10-14,21-23H,3-6,8H2,(H,19,24)/t10-,11-,12+,13+,14-/m0/s1. The van der Waals surface area contributed by atoms with Gasteiger partial charge < -0.3 is 35.0 Å². The van der Waals surface area contributed by atoms with Crippen molar-refractivity contribution < 1.29 is 34.4 Å². The van der Waals surface area contributed by atoms with E-state index in [0.717, 1.165) is 0 Å². The molecule has 0 unspecified atom stereocenters. The van der Waals surface area contributed by atoms with E-state index in [0.29, 0.717) is 26.3 Å². The van der Waals surface area contributed by atoms with Crippen molar-refractivity contribution in [2.24, 2.45) is 0 Å². The molecule has 0 aliphatic carbocycles. The van der Waals surface area contributed by atoms with E-state index < -0.39 is 42.3 Å². The summed E-state index contributed by atoms with van der Waals surface area (Å²) in [4.78, 5) is 33.8. The second-order valence-corrected chi connectivity index (χ2v) is 6.31. The Balaban J connectivity index is 1.64. The topological polar surface area (TPSA) is 154 Å². The number of aromatic nitrogens is 2. The number of carbonyl (C=O) groups excluding carboxylic acids is 2. The van der Waals surface area contributed by atoms with Crippen molar-refractivity contribution in [1.29, 1.82) is 0 Å². The Bertz CT molecular complexity index is 655. The zero-order valence-corrected chi connectivity index (χ0v) is 14.5.